The Kier molecular flexibility index (Phi) is 6.28. The molecule has 1 amide bonds. The lowest BCUT2D eigenvalue weighted by Gasteiger charge is -2.02. The first-order valence-corrected chi connectivity index (χ1v) is 10.2. The van der Waals surface area contributed by atoms with Gasteiger partial charge in [0.05, 0.1) is 12.8 Å². The van der Waals surface area contributed by atoms with Gasteiger partial charge in [0, 0.05) is 23.5 Å². The molecular weight excluding hydrogens is 386 g/mol. The molecule has 2 aromatic carbocycles. The van der Waals surface area contributed by atoms with Crippen LogP contribution in [0.3, 0.4) is 0 Å². The monoisotopic (exact) mass is 409 g/mol. The van der Waals surface area contributed by atoms with E-state index in [0.717, 1.165) is 28.8 Å². The molecule has 0 fully saturated rings. The van der Waals surface area contributed by atoms with E-state index in [-0.39, 0.29) is 5.91 Å². The van der Waals surface area contributed by atoms with E-state index in [0.29, 0.717) is 12.2 Å². The molecule has 0 spiro atoms. The summed E-state index contributed by atoms with van der Waals surface area (Å²) in [5.41, 5.74) is 7.91. The van der Waals surface area contributed by atoms with Gasteiger partial charge < -0.3 is 0 Å². The number of rotatable bonds is 7. The van der Waals surface area contributed by atoms with E-state index in [2.05, 4.69) is 58.8 Å². The second kappa shape index (κ2) is 9.63. The molecule has 0 aliphatic carbocycles. The summed E-state index contributed by atoms with van der Waals surface area (Å²) in [4.78, 5) is 16.2. The zero-order valence-electron chi connectivity index (χ0n) is 17.3. The molecule has 0 bridgehead atoms. The van der Waals surface area contributed by atoms with Crippen molar-refractivity contribution in [3.05, 3.63) is 108 Å². The average molecular weight is 409 g/mol. The highest BCUT2D eigenvalue weighted by atomic mass is 16.2. The minimum Gasteiger partial charge on any atom is -0.267 e. The number of hydrogen-bond acceptors (Lipinski definition) is 4. The molecule has 2 aromatic heterocycles. The van der Waals surface area contributed by atoms with Gasteiger partial charge in [-0.05, 0) is 29.7 Å². The van der Waals surface area contributed by atoms with E-state index in [1.165, 1.54) is 5.56 Å². The van der Waals surface area contributed by atoms with Crippen LogP contribution in [0.1, 0.15) is 34.1 Å². The van der Waals surface area contributed by atoms with Crippen molar-refractivity contribution in [1.82, 2.24) is 20.2 Å². The summed E-state index contributed by atoms with van der Waals surface area (Å²) in [6, 6.07) is 23.7. The van der Waals surface area contributed by atoms with Crippen LogP contribution in [0.5, 0.6) is 0 Å². The quantitative estimate of drug-likeness (QED) is 0.365. The predicted molar refractivity (Wildman–Crippen MR) is 122 cm³/mol. The van der Waals surface area contributed by atoms with Crippen LogP contribution in [0.2, 0.25) is 0 Å². The number of pyridine rings is 1. The maximum atomic E-state index is 12.2. The number of hydrogen-bond donors (Lipinski definition) is 1. The maximum Gasteiger partial charge on any atom is 0.289 e. The average Bonchev–Trinajstić information content (AvgIpc) is 3.22. The predicted octanol–water partition coefficient (Wildman–Crippen LogP) is 4.32. The Morgan fingerprint density at radius 3 is 2.48 bits per heavy atom. The van der Waals surface area contributed by atoms with Crippen molar-refractivity contribution in [1.29, 1.82) is 0 Å². The van der Waals surface area contributed by atoms with Crippen molar-refractivity contribution in [3.63, 3.8) is 0 Å². The van der Waals surface area contributed by atoms with Gasteiger partial charge in [-0.1, -0.05) is 67.6 Å². The molecule has 0 aliphatic heterocycles. The van der Waals surface area contributed by atoms with E-state index in [1.54, 1.807) is 30.6 Å². The number of hydrazone groups is 1. The third-order valence-electron chi connectivity index (χ3n) is 4.88. The molecule has 154 valence electrons. The van der Waals surface area contributed by atoms with Gasteiger partial charge in [-0.3, -0.25) is 14.5 Å². The summed E-state index contributed by atoms with van der Waals surface area (Å²) in [7, 11) is 0. The molecule has 0 saturated heterocycles. The van der Waals surface area contributed by atoms with Crippen LogP contribution in [-0.2, 0) is 13.0 Å². The van der Waals surface area contributed by atoms with Crippen LogP contribution in [0.4, 0.5) is 0 Å². The van der Waals surface area contributed by atoms with Gasteiger partial charge in [0.15, 0.2) is 0 Å². The Balaban J connectivity index is 1.59. The molecular formula is C25H23N5O. The zero-order chi connectivity index (χ0) is 21.5. The Morgan fingerprint density at radius 1 is 1.00 bits per heavy atom. The number of benzene rings is 2. The Bertz CT molecular complexity index is 1170. The van der Waals surface area contributed by atoms with E-state index in [9.17, 15) is 4.79 Å². The molecule has 6 nitrogen and oxygen atoms in total. The summed E-state index contributed by atoms with van der Waals surface area (Å²) in [5, 5.41) is 8.93. The standard InChI is InChI=1S/C25H23N5O/c1-2-19-11-13-21(14-12-19)24-22(16-27-28-25(31)23-10-6-7-15-26-23)18-30(29-24)17-20-8-4-3-5-9-20/h3-16,18H,2,17H2,1H3,(H,28,31)/b27-16-. The van der Waals surface area contributed by atoms with Crippen LogP contribution in [0.25, 0.3) is 11.3 Å². The number of aryl methyl sites for hydroxylation is 1. The van der Waals surface area contributed by atoms with Crippen LogP contribution in [0, 0.1) is 0 Å². The smallest absolute Gasteiger partial charge is 0.267 e. The molecule has 6 heteroatoms. The zero-order valence-corrected chi connectivity index (χ0v) is 17.3. The van der Waals surface area contributed by atoms with Crippen LogP contribution < -0.4 is 5.43 Å². The van der Waals surface area contributed by atoms with E-state index >= 15 is 0 Å². The Hall–Kier alpha value is -4.06. The largest absolute Gasteiger partial charge is 0.289 e. The molecule has 2 heterocycles. The summed E-state index contributed by atoms with van der Waals surface area (Å²) in [6.07, 6.45) is 6.12. The highest BCUT2D eigenvalue weighted by molar-refractivity contribution is 5.94. The summed E-state index contributed by atoms with van der Waals surface area (Å²) < 4.78 is 1.89. The van der Waals surface area contributed by atoms with Gasteiger partial charge in [0.25, 0.3) is 5.91 Å². The number of carbonyl (C=O) groups is 1. The molecule has 0 unspecified atom stereocenters. The number of aromatic nitrogens is 3. The number of carbonyl (C=O) groups excluding carboxylic acids is 1. The molecule has 0 aliphatic rings. The Labute approximate surface area is 181 Å². The fourth-order valence-corrected chi connectivity index (χ4v) is 3.22. The van der Waals surface area contributed by atoms with E-state index in [1.807, 2.05) is 29.1 Å². The van der Waals surface area contributed by atoms with Crippen LogP contribution >= 0.6 is 0 Å². The van der Waals surface area contributed by atoms with Gasteiger partial charge in [0.2, 0.25) is 0 Å². The van der Waals surface area contributed by atoms with Crippen molar-refractivity contribution in [2.75, 3.05) is 0 Å². The van der Waals surface area contributed by atoms with Gasteiger partial charge in [0.1, 0.15) is 11.4 Å². The summed E-state index contributed by atoms with van der Waals surface area (Å²) in [5.74, 6) is -0.359. The number of nitrogens with one attached hydrogen (secondary N) is 1. The highest BCUT2D eigenvalue weighted by Crippen LogP contribution is 2.22. The van der Waals surface area contributed by atoms with E-state index in [4.69, 9.17) is 5.10 Å². The second-order valence-electron chi connectivity index (χ2n) is 7.08. The molecule has 0 atom stereocenters. The first-order valence-electron chi connectivity index (χ1n) is 10.2. The molecule has 0 saturated carbocycles. The van der Waals surface area contributed by atoms with Crippen molar-refractivity contribution in [3.8, 4) is 11.3 Å². The lowest BCUT2D eigenvalue weighted by atomic mass is 10.1. The number of amides is 1. The third-order valence-corrected chi connectivity index (χ3v) is 4.88. The second-order valence-corrected chi connectivity index (χ2v) is 7.08. The maximum absolute atomic E-state index is 12.2. The van der Waals surface area contributed by atoms with Gasteiger partial charge >= 0.3 is 0 Å². The molecule has 1 N–H and O–H groups in total. The van der Waals surface area contributed by atoms with Crippen molar-refractivity contribution in [2.45, 2.75) is 19.9 Å². The van der Waals surface area contributed by atoms with Gasteiger partial charge in [-0.2, -0.15) is 10.2 Å². The third kappa shape index (κ3) is 5.11. The van der Waals surface area contributed by atoms with Crippen molar-refractivity contribution < 1.29 is 4.79 Å². The highest BCUT2D eigenvalue weighted by Gasteiger charge is 2.11. The molecule has 4 rings (SSSR count). The lowest BCUT2D eigenvalue weighted by molar-refractivity contribution is 0.0950. The minimum atomic E-state index is -0.359. The summed E-state index contributed by atoms with van der Waals surface area (Å²) in [6.45, 7) is 2.78. The fraction of sp³-hybridized carbons (Fsp3) is 0.120. The minimum absolute atomic E-state index is 0.315. The lowest BCUT2D eigenvalue weighted by Crippen LogP contribution is -2.18. The molecule has 31 heavy (non-hydrogen) atoms. The van der Waals surface area contributed by atoms with E-state index < -0.39 is 0 Å². The topological polar surface area (TPSA) is 72.2 Å². The first kappa shape index (κ1) is 20.2. The van der Waals surface area contributed by atoms with Crippen molar-refractivity contribution in [2.24, 2.45) is 5.10 Å². The normalized spacial score (nSPS) is 11.0. The SMILES string of the molecule is CCc1ccc(-c2nn(Cc3ccccc3)cc2/C=N\NC(=O)c2ccccn2)cc1. The van der Waals surface area contributed by atoms with Crippen LogP contribution in [-0.4, -0.2) is 26.9 Å². The van der Waals surface area contributed by atoms with Crippen LogP contribution in [0.15, 0.2) is 90.3 Å². The number of nitrogens with zero attached hydrogens (tertiary/aromatic N) is 4. The first-order chi connectivity index (χ1) is 15.2. The van der Waals surface area contributed by atoms with Gasteiger partial charge in [-0.15, -0.1) is 0 Å². The molecule has 4 aromatic rings. The Morgan fingerprint density at radius 2 is 1.77 bits per heavy atom. The molecule has 0 radical (unpaired) electrons. The summed E-state index contributed by atoms with van der Waals surface area (Å²) >= 11 is 0. The van der Waals surface area contributed by atoms with Gasteiger partial charge in [-0.25, -0.2) is 5.43 Å². The van der Waals surface area contributed by atoms with Crippen molar-refractivity contribution >= 4 is 12.1 Å². The fourth-order valence-electron chi connectivity index (χ4n) is 3.22.